The molecule has 2 aliphatic rings. The van der Waals surface area contributed by atoms with Gasteiger partial charge in [0.25, 0.3) is 0 Å². The lowest BCUT2D eigenvalue weighted by Crippen LogP contribution is -2.67. The summed E-state index contributed by atoms with van der Waals surface area (Å²) in [5.74, 6) is -2.78. The zero-order chi connectivity index (χ0) is 21.2. The lowest BCUT2D eigenvalue weighted by Gasteiger charge is -2.47. The van der Waals surface area contributed by atoms with Crippen LogP contribution < -0.4 is 5.32 Å². The van der Waals surface area contributed by atoms with Gasteiger partial charge < -0.3 is 49.8 Å². The highest BCUT2D eigenvalue weighted by Gasteiger charge is 2.51. The highest BCUT2D eigenvalue weighted by Crippen LogP contribution is 2.31. The van der Waals surface area contributed by atoms with Crippen LogP contribution in [0.15, 0.2) is 0 Å². The number of rotatable bonds is 6. The van der Waals surface area contributed by atoms with Crippen LogP contribution in [0.2, 0.25) is 0 Å². The van der Waals surface area contributed by atoms with E-state index < -0.39 is 79.6 Å². The predicted molar refractivity (Wildman–Crippen MR) is 88.7 cm³/mol. The van der Waals surface area contributed by atoms with Crippen molar-refractivity contribution in [2.75, 3.05) is 13.7 Å². The van der Waals surface area contributed by atoms with E-state index in [1.807, 2.05) is 0 Å². The number of hydrogen-bond acceptors (Lipinski definition) is 10. The number of hydrogen-bond donors (Lipinski definition) is 6. The van der Waals surface area contributed by atoms with Crippen LogP contribution in [0.1, 0.15) is 13.8 Å². The number of carbonyl (C=O) groups excluding carboxylic acids is 1. The number of carboxylic acids is 1. The third-order valence-corrected chi connectivity index (χ3v) is 4.92. The summed E-state index contributed by atoms with van der Waals surface area (Å²) >= 11 is 0. The molecule has 2 saturated heterocycles. The molecule has 162 valence electrons. The molecule has 0 radical (unpaired) electrons. The summed E-state index contributed by atoms with van der Waals surface area (Å²) < 4.78 is 21.4. The van der Waals surface area contributed by atoms with Crippen molar-refractivity contribution in [1.29, 1.82) is 0 Å². The standard InChI is InChI=1S/C16H27NO11/c1-5-9(20)11(22)16(27-12(5)14(23)24)28-13-8(17-6(2)19)15(25-3)26-7(4-18)10(13)21/h5,7-13,15-16,18,20-22H,4H2,1-3H3,(H,17,19)(H,23,24)/t5-,7?,8?,9-,10-,11?,12?,13?,15?,16+/m1/s1. The van der Waals surface area contributed by atoms with Gasteiger partial charge in [-0.2, -0.15) is 0 Å². The summed E-state index contributed by atoms with van der Waals surface area (Å²) in [7, 11) is 1.28. The maximum Gasteiger partial charge on any atom is 0.333 e. The fourth-order valence-electron chi connectivity index (χ4n) is 3.37. The van der Waals surface area contributed by atoms with Gasteiger partial charge in [-0.3, -0.25) is 4.79 Å². The average Bonchev–Trinajstić information content (AvgIpc) is 2.64. The van der Waals surface area contributed by atoms with Crippen molar-refractivity contribution in [3.05, 3.63) is 0 Å². The lowest BCUT2D eigenvalue weighted by atomic mass is 9.90. The Bertz CT molecular complexity index is 561. The van der Waals surface area contributed by atoms with Gasteiger partial charge in [0, 0.05) is 20.0 Å². The van der Waals surface area contributed by atoms with Crippen molar-refractivity contribution in [1.82, 2.24) is 5.32 Å². The molecule has 0 aromatic heterocycles. The van der Waals surface area contributed by atoms with E-state index in [1.165, 1.54) is 21.0 Å². The van der Waals surface area contributed by atoms with E-state index in [0.29, 0.717) is 0 Å². The van der Waals surface area contributed by atoms with Gasteiger partial charge >= 0.3 is 5.97 Å². The van der Waals surface area contributed by atoms with Crippen molar-refractivity contribution in [2.24, 2.45) is 5.92 Å². The molecule has 0 saturated carbocycles. The first-order valence-electron chi connectivity index (χ1n) is 8.76. The summed E-state index contributed by atoms with van der Waals surface area (Å²) in [4.78, 5) is 22.9. The predicted octanol–water partition coefficient (Wildman–Crippen LogP) is -3.23. The first-order valence-corrected chi connectivity index (χ1v) is 8.76. The van der Waals surface area contributed by atoms with E-state index in [-0.39, 0.29) is 0 Å². The molecule has 0 bridgehead atoms. The Labute approximate surface area is 160 Å². The summed E-state index contributed by atoms with van der Waals surface area (Å²) in [6.45, 7) is 2.01. The first-order chi connectivity index (χ1) is 13.1. The molecule has 2 heterocycles. The number of aliphatic carboxylic acids is 1. The molecule has 28 heavy (non-hydrogen) atoms. The minimum atomic E-state index is -1.63. The molecular formula is C16H27NO11. The van der Waals surface area contributed by atoms with Gasteiger partial charge in [0.2, 0.25) is 5.91 Å². The van der Waals surface area contributed by atoms with Crippen LogP contribution in [-0.4, -0.2) is 106 Å². The second kappa shape index (κ2) is 9.41. The van der Waals surface area contributed by atoms with Crippen molar-refractivity contribution in [3.63, 3.8) is 0 Å². The van der Waals surface area contributed by atoms with E-state index in [2.05, 4.69) is 5.32 Å². The molecule has 0 aliphatic carbocycles. The number of amides is 1. The molecular weight excluding hydrogens is 382 g/mol. The molecule has 0 aromatic rings. The number of aliphatic hydroxyl groups is 4. The van der Waals surface area contributed by atoms with Crippen LogP contribution in [0, 0.1) is 5.92 Å². The third-order valence-electron chi connectivity index (χ3n) is 4.92. The quantitative estimate of drug-likeness (QED) is 0.259. The molecule has 0 spiro atoms. The van der Waals surface area contributed by atoms with Crippen LogP contribution in [0.3, 0.4) is 0 Å². The monoisotopic (exact) mass is 409 g/mol. The Morgan fingerprint density at radius 3 is 2.21 bits per heavy atom. The Morgan fingerprint density at radius 2 is 1.71 bits per heavy atom. The topological polar surface area (TPSA) is 184 Å². The lowest BCUT2D eigenvalue weighted by molar-refractivity contribution is -0.333. The highest BCUT2D eigenvalue weighted by atomic mass is 16.7. The zero-order valence-corrected chi connectivity index (χ0v) is 15.7. The van der Waals surface area contributed by atoms with E-state index in [1.54, 1.807) is 0 Å². The Balaban J connectivity index is 2.29. The molecule has 0 aromatic carbocycles. The summed E-state index contributed by atoms with van der Waals surface area (Å²) in [6.07, 6.45) is -11.2. The largest absolute Gasteiger partial charge is 0.479 e. The van der Waals surface area contributed by atoms with E-state index in [0.717, 1.165) is 0 Å². The molecule has 2 aliphatic heterocycles. The molecule has 10 atom stereocenters. The molecule has 12 nitrogen and oxygen atoms in total. The minimum absolute atomic E-state index is 0.499. The molecule has 6 unspecified atom stereocenters. The Morgan fingerprint density at radius 1 is 1.07 bits per heavy atom. The van der Waals surface area contributed by atoms with Gasteiger partial charge in [0.15, 0.2) is 18.7 Å². The Hall–Kier alpha value is -1.38. The second-order valence-corrected chi connectivity index (χ2v) is 6.88. The second-order valence-electron chi connectivity index (χ2n) is 6.88. The van der Waals surface area contributed by atoms with Gasteiger partial charge in [-0.05, 0) is 0 Å². The fraction of sp³-hybridized carbons (Fsp3) is 0.875. The van der Waals surface area contributed by atoms with E-state index in [4.69, 9.17) is 18.9 Å². The minimum Gasteiger partial charge on any atom is -0.479 e. The van der Waals surface area contributed by atoms with Gasteiger partial charge in [-0.15, -0.1) is 0 Å². The van der Waals surface area contributed by atoms with Crippen LogP contribution in [0.5, 0.6) is 0 Å². The normalized spacial score (nSPS) is 44.1. The van der Waals surface area contributed by atoms with Crippen LogP contribution >= 0.6 is 0 Å². The molecule has 6 N–H and O–H groups in total. The smallest absolute Gasteiger partial charge is 0.333 e. The van der Waals surface area contributed by atoms with Crippen molar-refractivity contribution < 1.29 is 54.1 Å². The molecule has 1 amide bonds. The third kappa shape index (κ3) is 4.60. The number of carbonyl (C=O) groups is 2. The number of nitrogens with one attached hydrogen (secondary N) is 1. The molecule has 2 rings (SSSR count). The van der Waals surface area contributed by atoms with Gasteiger partial charge in [0.1, 0.15) is 30.5 Å². The maximum atomic E-state index is 11.6. The number of aliphatic hydroxyl groups excluding tert-OH is 4. The van der Waals surface area contributed by atoms with Crippen molar-refractivity contribution in [3.8, 4) is 0 Å². The van der Waals surface area contributed by atoms with E-state index in [9.17, 15) is 35.1 Å². The Kier molecular flexibility index (Phi) is 7.70. The summed E-state index contributed by atoms with van der Waals surface area (Å²) in [6, 6.07) is -1.07. The highest BCUT2D eigenvalue weighted by molar-refractivity contribution is 5.73. The summed E-state index contributed by atoms with van der Waals surface area (Å²) in [5, 5.41) is 52.1. The average molecular weight is 409 g/mol. The van der Waals surface area contributed by atoms with Crippen molar-refractivity contribution in [2.45, 2.75) is 69.1 Å². The SMILES string of the molecule is COC1OC(CO)[C@@H](O)C(O[C@@H]2OC(C(=O)O)[C@H](C)[C@@H](O)C2O)C1NC(C)=O. The first kappa shape index (κ1) is 22.9. The van der Waals surface area contributed by atoms with Crippen LogP contribution in [0.25, 0.3) is 0 Å². The molecule has 12 heteroatoms. The van der Waals surface area contributed by atoms with Gasteiger partial charge in [-0.25, -0.2) is 4.79 Å². The zero-order valence-electron chi connectivity index (χ0n) is 15.7. The van der Waals surface area contributed by atoms with Crippen LogP contribution in [0.4, 0.5) is 0 Å². The van der Waals surface area contributed by atoms with Crippen molar-refractivity contribution >= 4 is 11.9 Å². The van der Waals surface area contributed by atoms with Crippen LogP contribution in [-0.2, 0) is 28.5 Å². The fourth-order valence-corrected chi connectivity index (χ4v) is 3.37. The number of ether oxygens (including phenoxy) is 4. The summed E-state index contributed by atoms with van der Waals surface area (Å²) in [5.41, 5.74) is 0. The van der Waals surface area contributed by atoms with E-state index >= 15 is 0 Å². The van der Waals surface area contributed by atoms with Gasteiger partial charge in [0.05, 0.1) is 12.7 Å². The number of methoxy groups -OCH3 is 1. The number of carboxylic acid groups (broad SMARTS) is 1. The van der Waals surface area contributed by atoms with Gasteiger partial charge in [-0.1, -0.05) is 6.92 Å². The maximum absolute atomic E-state index is 11.6. The molecule has 2 fully saturated rings.